The van der Waals surface area contributed by atoms with E-state index in [1.54, 1.807) is 0 Å². The minimum atomic E-state index is -0.568. The van der Waals surface area contributed by atoms with Gasteiger partial charge in [0, 0.05) is 0 Å². The monoisotopic (exact) mass is 239 g/mol. The summed E-state index contributed by atoms with van der Waals surface area (Å²) < 4.78 is 4.54. The first-order valence-corrected chi connectivity index (χ1v) is 7.27. The molecule has 54 valence electrons. The molecule has 0 saturated carbocycles. The third-order valence-corrected chi connectivity index (χ3v) is 5.89. The van der Waals surface area contributed by atoms with Crippen molar-refractivity contribution in [3.63, 3.8) is 0 Å². The molecule has 2 heteroatoms. The zero-order valence-corrected chi connectivity index (χ0v) is 8.18. The van der Waals surface area contributed by atoms with Gasteiger partial charge in [0.1, 0.15) is 0 Å². The van der Waals surface area contributed by atoms with Crippen molar-refractivity contribution in [2.75, 3.05) is 4.43 Å². The van der Waals surface area contributed by atoms with Crippen LogP contribution in [0.15, 0.2) is 10.7 Å². The fraction of sp³-hybridized carbons (Fsp3) is 0.714. The summed E-state index contributed by atoms with van der Waals surface area (Å²) in [6.07, 6.45) is 0. The zero-order chi connectivity index (χ0) is 6.85. The maximum atomic E-state index is 3.81. The SMILES string of the molecule is C=CI1CC1NC(C)C. The average Bonchev–Trinajstić information content (AvgIpc) is 2.45. The number of halogens is 1. The second-order valence-corrected chi connectivity index (χ2v) is 8.28. The van der Waals surface area contributed by atoms with Gasteiger partial charge < -0.3 is 0 Å². The van der Waals surface area contributed by atoms with Crippen LogP contribution < -0.4 is 5.32 Å². The Bertz CT molecular complexity index is 111. The van der Waals surface area contributed by atoms with Crippen molar-refractivity contribution in [2.45, 2.75) is 23.9 Å². The maximum absolute atomic E-state index is 3.81. The van der Waals surface area contributed by atoms with Gasteiger partial charge in [-0.3, -0.25) is 0 Å². The fourth-order valence-corrected chi connectivity index (χ4v) is 5.18. The van der Waals surface area contributed by atoms with Crippen LogP contribution in [0.5, 0.6) is 0 Å². The van der Waals surface area contributed by atoms with E-state index in [9.17, 15) is 0 Å². The molecule has 1 heterocycles. The first-order chi connectivity index (χ1) is 4.24. The number of nitrogens with one attached hydrogen (secondary N) is 1. The molecular formula is C7H14IN. The number of hydrogen-bond acceptors (Lipinski definition) is 1. The molecule has 0 amide bonds. The third kappa shape index (κ3) is 2.26. The molecule has 0 spiro atoms. The predicted octanol–water partition coefficient (Wildman–Crippen LogP) is 1.97. The van der Waals surface area contributed by atoms with Crippen molar-refractivity contribution in [3.8, 4) is 0 Å². The fourth-order valence-electron chi connectivity index (χ4n) is 0.780. The van der Waals surface area contributed by atoms with Gasteiger partial charge in [-0.1, -0.05) is 0 Å². The quantitative estimate of drug-likeness (QED) is 0.451. The molecule has 1 atom stereocenters. The first kappa shape index (κ1) is 7.54. The summed E-state index contributed by atoms with van der Waals surface area (Å²) in [5, 5.41) is 3.52. The summed E-state index contributed by atoms with van der Waals surface area (Å²) in [6, 6.07) is 0.664. The molecule has 1 unspecified atom stereocenters. The van der Waals surface area contributed by atoms with Crippen LogP contribution in [0.4, 0.5) is 0 Å². The molecule has 1 aliphatic rings. The Balaban J connectivity index is 2.12. The Labute approximate surface area is 64.3 Å². The van der Waals surface area contributed by atoms with Gasteiger partial charge in [-0.15, -0.1) is 0 Å². The number of alkyl halides is 2. The van der Waals surface area contributed by atoms with Gasteiger partial charge in [-0.25, -0.2) is 0 Å². The van der Waals surface area contributed by atoms with Crippen molar-refractivity contribution in [2.24, 2.45) is 0 Å². The van der Waals surface area contributed by atoms with E-state index in [0.29, 0.717) is 6.04 Å². The first-order valence-electron chi connectivity index (χ1n) is 3.25. The Morgan fingerprint density at radius 2 is 2.44 bits per heavy atom. The summed E-state index contributed by atoms with van der Waals surface area (Å²) in [6.45, 7) is 8.22. The molecular weight excluding hydrogens is 225 g/mol. The Morgan fingerprint density at radius 1 is 1.78 bits per heavy atom. The molecule has 0 aromatic heterocycles. The Morgan fingerprint density at radius 3 is 2.78 bits per heavy atom. The minimum absolute atomic E-state index is 0.568. The van der Waals surface area contributed by atoms with Gasteiger partial charge in [0.2, 0.25) is 0 Å². The van der Waals surface area contributed by atoms with Crippen LogP contribution in [-0.4, -0.2) is 14.5 Å². The summed E-state index contributed by atoms with van der Waals surface area (Å²) in [5.74, 6) is 0. The predicted molar refractivity (Wildman–Crippen MR) is 51.1 cm³/mol. The van der Waals surface area contributed by atoms with Gasteiger partial charge in [0.25, 0.3) is 0 Å². The van der Waals surface area contributed by atoms with E-state index in [4.69, 9.17) is 0 Å². The Hall–Kier alpha value is 0.430. The molecule has 1 aliphatic heterocycles. The van der Waals surface area contributed by atoms with Crippen molar-refractivity contribution in [3.05, 3.63) is 10.7 Å². The average molecular weight is 239 g/mol. The third-order valence-electron chi connectivity index (χ3n) is 1.26. The molecule has 0 aromatic carbocycles. The summed E-state index contributed by atoms with van der Waals surface area (Å²) in [7, 11) is 0. The molecule has 1 saturated heterocycles. The van der Waals surface area contributed by atoms with Gasteiger partial charge in [-0.2, -0.15) is 0 Å². The van der Waals surface area contributed by atoms with E-state index >= 15 is 0 Å². The van der Waals surface area contributed by atoms with Crippen LogP contribution >= 0.6 is 19.8 Å². The topological polar surface area (TPSA) is 12.0 Å². The van der Waals surface area contributed by atoms with E-state index in [-0.39, 0.29) is 0 Å². The zero-order valence-electron chi connectivity index (χ0n) is 6.02. The van der Waals surface area contributed by atoms with Gasteiger partial charge in [0.15, 0.2) is 0 Å². The molecule has 0 bridgehead atoms. The van der Waals surface area contributed by atoms with Crippen molar-refractivity contribution in [1.29, 1.82) is 0 Å². The molecule has 0 radical (unpaired) electrons. The molecule has 9 heavy (non-hydrogen) atoms. The number of hydrogen-bond donors (Lipinski definition) is 1. The van der Waals surface area contributed by atoms with Crippen molar-refractivity contribution < 1.29 is 0 Å². The van der Waals surface area contributed by atoms with Crippen molar-refractivity contribution >= 4 is 19.8 Å². The van der Waals surface area contributed by atoms with E-state index in [2.05, 4.69) is 29.8 Å². The molecule has 1 nitrogen and oxygen atoms in total. The van der Waals surface area contributed by atoms with Crippen molar-refractivity contribution in [1.82, 2.24) is 5.32 Å². The summed E-state index contributed by atoms with van der Waals surface area (Å²) in [4.78, 5) is 0. The van der Waals surface area contributed by atoms with Gasteiger partial charge in [-0.05, 0) is 0 Å². The molecule has 1 fully saturated rings. The van der Waals surface area contributed by atoms with Crippen LogP contribution in [0.2, 0.25) is 0 Å². The summed E-state index contributed by atoms with van der Waals surface area (Å²) in [5.41, 5.74) is 0. The van der Waals surface area contributed by atoms with Crippen LogP contribution in [-0.2, 0) is 0 Å². The van der Waals surface area contributed by atoms with E-state index in [0.717, 1.165) is 4.05 Å². The standard InChI is InChI=1S/C7H14IN/c1-4-8-5-7(8)9-6(2)3/h4,6-7,9H,1,5H2,2-3H3. The second kappa shape index (κ2) is 3.01. The number of rotatable bonds is 3. The molecule has 1 rings (SSSR count). The van der Waals surface area contributed by atoms with Gasteiger partial charge in [0.05, 0.1) is 0 Å². The molecule has 0 aromatic rings. The van der Waals surface area contributed by atoms with Gasteiger partial charge >= 0.3 is 64.2 Å². The Kier molecular flexibility index (Phi) is 2.52. The normalized spacial score (nSPS) is 28.8. The van der Waals surface area contributed by atoms with E-state index < -0.39 is 19.8 Å². The second-order valence-electron chi connectivity index (χ2n) is 2.53. The molecule has 1 N–H and O–H groups in total. The van der Waals surface area contributed by atoms with Crippen LogP contribution in [0.1, 0.15) is 13.8 Å². The summed E-state index contributed by atoms with van der Waals surface area (Å²) >= 11 is -0.568. The van der Waals surface area contributed by atoms with Crippen LogP contribution in [0.3, 0.4) is 0 Å². The van der Waals surface area contributed by atoms with Crippen LogP contribution in [0, 0.1) is 0 Å². The molecule has 0 aliphatic carbocycles. The van der Waals surface area contributed by atoms with E-state index in [1.807, 2.05) is 0 Å². The van der Waals surface area contributed by atoms with E-state index in [1.165, 1.54) is 4.43 Å². The van der Waals surface area contributed by atoms with Crippen LogP contribution in [0.25, 0.3) is 0 Å².